The number of methoxy groups -OCH3 is 2. The third kappa shape index (κ3) is 13.2. The number of benzene rings is 5. The minimum atomic E-state index is -1.16. The van der Waals surface area contributed by atoms with E-state index in [1.54, 1.807) is 21.3 Å². The second kappa shape index (κ2) is 26.5. The van der Waals surface area contributed by atoms with E-state index in [1.165, 1.54) is 33.9 Å². The molecule has 0 radical (unpaired) electrons. The Hall–Kier alpha value is -7.28. The van der Waals surface area contributed by atoms with Gasteiger partial charge in [0.25, 0.3) is 0 Å². The van der Waals surface area contributed by atoms with Gasteiger partial charge in [-0.15, -0.1) is 0 Å². The van der Waals surface area contributed by atoms with E-state index in [2.05, 4.69) is 134 Å². The van der Waals surface area contributed by atoms with Crippen LogP contribution >= 0.6 is 0 Å². The summed E-state index contributed by atoms with van der Waals surface area (Å²) in [6, 6.07) is 42.0. The molecule has 0 fully saturated rings. The van der Waals surface area contributed by atoms with Gasteiger partial charge in [0.1, 0.15) is 30.3 Å². The minimum Gasteiger partial charge on any atom is -0.497 e. The van der Waals surface area contributed by atoms with Crippen LogP contribution in [0.15, 0.2) is 163 Å². The summed E-state index contributed by atoms with van der Waals surface area (Å²) in [5.74, 6) is 0.572. The Balaban J connectivity index is 1.05. The van der Waals surface area contributed by atoms with Crippen LogP contribution in [0.3, 0.4) is 0 Å². The molecule has 7 rings (SSSR count). The number of esters is 1. The highest BCUT2D eigenvalue weighted by Crippen LogP contribution is 2.48. The normalized spacial score (nSPS) is 15.5. The summed E-state index contributed by atoms with van der Waals surface area (Å²) in [4.78, 5) is 41.1. The lowest BCUT2D eigenvalue weighted by Gasteiger charge is -2.37. The highest BCUT2D eigenvalue weighted by Gasteiger charge is 2.44. The maximum atomic E-state index is 14.0. The summed E-state index contributed by atoms with van der Waals surface area (Å²) < 4.78 is 32.0. The van der Waals surface area contributed by atoms with Crippen molar-refractivity contribution in [3.8, 4) is 11.5 Å². The Bertz CT molecular complexity index is 2820. The van der Waals surface area contributed by atoms with E-state index in [9.17, 15) is 14.4 Å². The fourth-order valence-corrected chi connectivity index (χ4v) is 10.5. The molecule has 12 heteroatoms. The zero-order chi connectivity index (χ0) is 54.1. The van der Waals surface area contributed by atoms with Gasteiger partial charge in [0.15, 0.2) is 5.71 Å². The molecular weight excluding hydrogens is 953 g/mol. The number of ether oxygens (including phenoxy) is 5. The van der Waals surface area contributed by atoms with Gasteiger partial charge in [0.05, 0.1) is 51.9 Å². The topological polar surface area (TPSA) is 128 Å². The Morgan fingerprint density at radius 1 is 0.658 bits per heavy atom. The maximum absolute atomic E-state index is 14.0. The van der Waals surface area contributed by atoms with Gasteiger partial charge in [0.2, 0.25) is 17.5 Å². The van der Waals surface area contributed by atoms with E-state index >= 15 is 0 Å². The van der Waals surface area contributed by atoms with Crippen LogP contribution in [0.1, 0.15) is 101 Å². The third-order valence-corrected chi connectivity index (χ3v) is 14.6. The van der Waals surface area contributed by atoms with E-state index in [-0.39, 0.29) is 68.3 Å². The lowest BCUT2D eigenvalue weighted by Crippen LogP contribution is -2.45. The third-order valence-electron chi connectivity index (χ3n) is 14.6. The molecule has 0 bridgehead atoms. The number of carbonyl (C=O) groups excluding carboxylic acids is 3. The van der Waals surface area contributed by atoms with Crippen LogP contribution < -0.4 is 25.0 Å². The number of hydrogen-bond donors (Lipinski definition) is 2. The van der Waals surface area contributed by atoms with Gasteiger partial charge in [0, 0.05) is 67.4 Å². The molecule has 2 amide bonds. The van der Waals surface area contributed by atoms with Crippen molar-refractivity contribution in [1.82, 2.24) is 10.6 Å². The number of nitrogens with one attached hydrogen (secondary N) is 2. The number of rotatable bonds is 27. The van der Waals surface area contributed by atoms with Gasteiger partial charge in [-0.25, -0.2) is 0 Å². The van der Waals surface area contributed by atoms with Crippen LogP contribution in [0.2, 0.25) is 0 Å². The van der Waals surface area contributed by atoms with Crippen LogP contribution in [0, 0.1) is 0 Å². The number of nitrogens with zero attached hydrogens (tertiary/aromatic N) is 2. The molecule has 2 aliphatic rings. The molecule has 1 atom stereocenters. The molecule has 0 saturated carbocycles. The Morgan fingerprint density at radius 2 is 1.28 bits per heavy atom. The van der Waals surface area contributed by atoms with Gasteiger partial charge in [-0.05, 0) is 92.3 Å². The van der Waals surface area contributed by atoms with Crippen molar-refractivity contribution < 1.29 is 42.6 Å². The molecule has 2 N–H and O–H groups in total. The first-order chi connectivity index (χ1) is 36.8. The highest BCUT2D eigenvalue weighted by atomic mass is 16.5. The summed E-state index contributed by atoms with van der Waals surface area (Å²) in [5, 5.41) is 5.72. The lowest BCUT2D eigenvalue weighted by atomic mass is 9.80. The number of para-hydroxylation sites is 2. The van der Waals surface area contributed by atoms with Crippen molar-refractivity contribution in [3.05, 3.63) is 191 Å². The smallest absolute Gasteiger partial charge is 0.308 e. The molecule has 5 aromatic carbocycles. The molecular formula is C64H77N4O8+. The van der Waals surface area contributed by atoms with Crippen LogP contribution in [-0.2, 0) is 45.0 Å². The maximum Gasteiger partial charge on any atom is 0.308 e. The van der Waals surface area contributed by atoms with Crippen LogP contribution in [0.25, 0.3) is 0 Å². The molecule has 400 valence electrons. The van der Waals surface area contributed by atoms with Gasteiger partial charge < -0.3 is 39.2 Å². The number of fused-ring (bicyclic) bond motifs is 2. The molecule has 5 aromatic rings. The number of carbonyl (C=O) groups is 3. The van der Waals surface area contributed by atoms with Crippen molar-refractivity contribution in [2.75, 3.05) is 65.7 Å². The zero-order valence-electron chi connectivity index (χ0n) is 45.7. The first kappa shape index (κ1) is 56.4. The number of anilines is 1. The van der Waals surface area contributed by atoms with Crippen molar-refractivity contribution in [2.45, 2.75) is 95.6 Å². The molecule has 0 spiro atoms. The number of amides is 2. The van der Waals surface area contributed by atoms with Crippen molar-refractivity contribution in [1.29, 1.82) is 0 Å². The fourth-order valence-electron chi connectivity index (χ4n) is 10.5. The zero-order valence-corrected chi connectivity index (χ0v) is 45.7. The average Bonchev–Trinajstić information content (AvgIpc) is 3.80. The van der Waals surface area contributed by atoms with E-state index in [1.807, 2.05) is 78.9 Å². The predicted molar refractivity (Wildman–Crippen MR) is 302 cm³/mol. The second-order valence-electron chi connectivity index (χ2n) is 20.2. The molecule has 0 aliphatic carbocycles. The number of unbranched alkanes of at least 4 members (excludes halogenated alkanes) is 2. The van der Waals surface area contributed by atoms with Crippen LogP contribution in [0.5, 0.6) is 11.5 Å². The summed E-state index contributed by atoms with van der Waals surface area (Å²) >= 11 is 0. The number of likely N-dealkylation sites (N-methyl/N-ethyl adjacent to an activating group) is 1. The van der Waals surface area contributed by atoms with E-state index in [0.717, 1.165) is 42.6 Å². The molecule has 2 heterocycles. The Kier molecular flexibility index (Phi) is 19.7. The van der Waals surface area contributed by atoms with Gasteiger partial charge >= 0.3 is 5.97 Å². The number of allylic oxidation sites excluding steroid dienone is 6. The summed E-state index contributed by atoms with van der Waals surface area (Å²) in [5.41, 5.74) is 8.71. The van der Waals surface area contributed by atoms with Gasteiger partial charge in [-0.3, -0.25) is 14.4 Å². The SMILES string of the molecule is CCN1/C(=C/C=C/C=C/C2=[N+](CCCCCC(=O)NC(COC(=O)CCOCCC(=O)NC)COC(c3ccccc3)(c3ccc(OC)cc3)c3ccc(OC)cc3)c3ccccc3C2(C)C)C(C)(C)c2ccccc21. The number of hydrogen-bond acceptors (Lipinski definition) is 9. The fraction of sp³-hybridized carbons (Fsp3) is 0.375. The van der Waals surface area contributed by atoms with E-state index in [0.29, 0.717) is 17.9 Å². The van der Waals surface area contributed by atoms with E-state index in [4.69, 9.17) is 23.7 Å². The van der Waals surface area contributed by atoms with Crippen molar-refractivity contribution in [2.24, 2.45) is 0 Å². The molecule has 12 nitrogen and oxygen atoms in total. The monoisotopic (exact) mass is 1030 g/mol. The predicted octanol–water partition coefficient (Wildman–Crippen LogP) is 11.0. The summed E-state index contributed by atoms with van der Waals surface area (Å²) in [6.07, 6.45) is 13.8. The van der Waals surface area contributed by atoms with Crippen molar-refractivity contribution in [3.63, 3.8) is 0 Å². The van der Waals surface area contributed by atoms with E-state index < -0.39 is 17.6 Å². The molecule has 76 heavy (non-hydrogen) atoms. The highest BCUT2D eigenvalue weighted by molar-refractivity contribution is 6.03. The molecule has 0 aromatic heterocycles. The second-order valence-corrected chi connectivity index (χ2v) is 20.2. The van der Waals surface area contributed by atoms with Crippen LogP contribution in [0.4, 0.5) is 11.4 Å². The quantitative estimate of drug-likeness (QED) is 0.0174. The average molecular weight is 1030 g/mol. The first-order valence-electron chi connectivity index (χ1n) is 26.7. The van der Waals surface area contributed by atoms with Crippen LogP contribution in [-0.4, -0.2) is 94.9 Å². The molecule has 0 saturated heterocycles. The minimum absolute atomic E-state index is 0.0129. The lowest BCUT2D eigenvalue weighted by molar-refractivity contribution is -0.438. The standard InChI is InChI=1S/C64H76N4O8/c1-9-67-55-27-20-18-25-53(55)62(2,3)57(67)29-15-11-16-30-58-63(4,5)54-26-19-21-28-56(54)68(58)42-22-12-17-31-60(70)66-50(45-75-61(71)41-44-74-43-40-59(69)65-6)46-76-64(47-23-13-10-14-24-47,48-32-36-51(72-7)37-33-48)49-34-38-52(73-8)39-35-49/h10-11,13-16,18-21,23-30,32-39,50H,9,12,17,22,31,40-46H2,1-8H3,(H-,65,66,69,70)/p+1. The largest absolute Gasteiger partial charge is 0.497 e. The van der Waals surface area contributed by atoms with Crippen molar-refractivity contribution >= 4 is 34.9 Å². The summed E-state index contributed by atoms with van der Waals surface area (Å²) in [7, 11) is 4.82. The summed E-state index contributed by atoms with van der Waals surface area (Å²) in [6.45, 7) is 13.2. The Labute approximate surface area is 450 Å². The van der Waals surface area contributed by atoms with Gasteiger partial charge in [-0.1, -0.05) is 123 Å². The Morgan fingerprint density at radius 3 is 1.93 bits per heavy atom. The molecule has 1 unspecified atom stereocenters. The first-order valence-corrected chi connectivity index (χ1v) is 26.7. The van der Waals surface area contributed by atoms with Gasteiger partial charge in [-0.2, -0.15) is 4.58 Å². The molecule has 2 aliphatic heterocycles.